The van der Waals surface area contributed by atoms with Crippen molar-refractivity contribution < 1.29 is 9.53 Å². The number of carbonyl (C=O) groups is 1. The van der Waals surface area contributed by atoms with Crippen molar-refractivity contribution in [3.8, 4) is 0 Å². The van der Waals surface area contributed by atoms with Gasteiger partial charge in [-0.15, -0.1) is 11.3 Å². The maximum atomic E-state index is 12.1. The second kappa shape index (κ2) is 8.13. The maximum absolute atomic E-state index is 12.1. The molecule has 1 aliphatic heterocycles. The molecule has 3 heterocycles. The zero-order valence-corrected chi connectivity index (χ0v) is 17.2. The third kappa shape index (κ3) is 3.68. The lowest BCUT2D eigenvalue weighted by Gasteiger charge is -2.32. The van der Waals surface area contributed by atoms with Gasteiger partial charge in [0.05, 0.1) is 17.9 Å². The summed E-state index contributed by atoms with van der Waals surface area (Å²) in [5.41, 5.74) is 1.49. The number of anilines is 1. The van der Waals surface area contributed by atoms with Gasteiger partial charge in [-0.1, -0.05) is 6.92 Å². The molecule has 5 nitrogen and oxygen atoms in total. The number of carbonyl (C=O) groups excluding carboxylic acids is 1. The van der Waals surface area contributed by atoms with Gasteiger partial charge >= 0.3 is 5.97 Å². The van der Waals surface area contributed by atoms with E-state index >= 15 is 0 Å². The first-order valence-electron chi connectivity index (χ1n) is 10.4. The number of piperidine rings is 1. The first kappa shape index (κ1) is 18.7. The van der Waals surface area contributed by atoms with Crippen LogP contribution in [0.4, 0.5) is 5.82 Å². The number of aromatic nitrogens is 2. The minimum Gasteiger partial charge on any atom is -0.466 e. The third-order valence-electron chi connectivity index (χ3n) is 5.73. The molecule has 2 aromatic heterocycles. The monoisotopic (exact) mass is 387 g/mol. The van der Waals surface area contributed by atoms with Crippen LogP contribution in [0.3, 0.4) is 0 Å². The lowest BCUT2D eigenvalue weighted by Crippen LogP contribution is -2.37. The van der Waals surface area contributed by atoms with Crippen LogP contribution >= 0.6 is 11.3 Å². The van der Waals surface area contributed by atoms with E-state index in [2.05, 4.69) is 11.8 Å². The Labute approximate surface area is 165 Å². The number of rotatable bonds is 5. The van der Waals surface area contributed by atoms with Crippen LogP contribution in [-0.4, -0.2) is 35.6 Å². The molecule has 0 aromatic carbocycles. The zero-order chi connectivity index (χ0) is 18.8. The molecule has 6 heteroatoms. The standard InChI is InChI=1S/C21H29N3O2S/c1-3-7-17-22-19(24-12-10-14(11-13-24)21(25)26-4-2)18-15-8-5-6-9-16(15)27-20(18)23-17/h14H,3-13H2,1-2H3. The average Bonchev–Trinajstić information content (AvgIpc) is 3.06. The van der Waals surface area contributed by atoms with E-state index in [4.69, 9.17) is 14.7 Å². The molecule has 1 saturated heterocycles. The summed E-state index contributed by atoms with van der Waals surface area (Å²) >= 11 is 1.88. The molecule has 0 spiro atoms. The normalized spacial score (nSPS) is 17.9. The quantitative estimate of drug-likeness (QED) is 0.716. The van der Waals surface area contributed by atoms with Crippen LogP contribution in [0.1, 0.15) is 62.2 Å². The van der Waals surface area contributed by atoms with Crippen molar-refractivity contribution in [2.24, 2.45) is 5.92 Å². The smallest absolute Gasteiger partial charge is 0.309 e. The van der Waals surface area contributed by atoms with E-state index in [0.717, 1.165) is 56.8 Å². The second-order valence-electron chi connectivity index (χ2n) is 7.62. The molecule has 1 aliphatic carbocycles. The highest BCUT2D eigenvalue weighted by Crippen LogP contribution is 2.40. The molecule has 0 atom stereocenters. The largest absolute Gasteiger partial charge is 0.466 e. The molecular weight excluding hydrogens is 358 g/mol. The number of esters is 1. The van der Waals surface area contributed by atoms with Gasteiger partial charge in [-0.25, -0.2) is 9.97 Å². The van der Waals surface area contributed by atoms with Crippen LogP contribution in [0.5, 0.6) is 0 Å². The predicted molar refractivity (Wildman–Crippen MR) is 110 cm³/mol. The highest BCUT2D eigenvalue weighted by molar-refractivity contribution is 7.19. The Hall–Kier alpha value is -1.69. The molecule has 1 fully saturated rings. The van der Waals surface area contributed by atoms with Gasteiger partial charge in [0.2, 0.25) is 0 Å². The Morgan fingerprint density at radius 2 is 1.96 bits per heavy atom. The van der Waals surface area contributed by atoms with Gasteiger partial charge in [-0.05, 0) is 57.4 Å². The van der Waals surface area contributed by atoms with E-state index in [9.17, 15) is 4.79 Å². The third-order valence-corrected chi connectivity index (χ3v) is 6.92. The predicted octanol–water partition coefficient (Wildman–Crippen LogP) is 4.30. The second-order valence-corrected chi connectivity index (χ2v) is 8.70. The maximum Gasteiger partial charge on any atom is 0.309 e. The Bertz CT molecular complexity index is 824. The summed E-state index contributed by atoms with van der Waals surface area (Å²) in [6.45, 7) is 6.25. The Morgan fingerprint density at radius 3 is 2.70 bits per heavy atom. The van der Waals surface area contributed by atoms with E-state index in [0.29, 0.717) is 6.61 Å². The SMILES string of the molecule is CCCc1nc(N2CCC(C(=O)OCC)CC2)c2c3c(sc2n1)CCCC3. The van der Waals surface area contributed by atoms with Crippen LogP contribution in [0.15, 0.2) is 0 Å². The molecule has 0 amide bonds. The number of aryl methyl sites for hydroxylation is 3. The van der Waals surface area contributed by atoms with E-state index in [1.165, 1.54) is 39.9 Å². The van der Waals surface area contributed by atoms with E-state index < -0.39 is 0 Å². The molecule has 0 bridgehead atoms. The summed E-state index contributed by atoms with van der Waals surface area (Å²) < 4.78 is 5.22. The molecule has 0 saturated carbocycles. The van der Waals surface area contributed by atoms with Crippen LogP contribution in [-0.2, 0) is 28.8 Å². The highest BCUT2D eigenvalue weighted by atomic mass is 32.1. The van der Waals surface area contributed by atoms with Crippen LogP contribution in [0.2, 0.25) is 0 Å². The molecular formula is C21H29N3O2S. The number of hydrogen-bond donors (Lipinski definition) is 0. The minimum atomic E-state index is -0.0374. The van der Waals surface area contributed by atoms with Crippen molar-refractivity contribution in [1.82, 2.24) is 9.97 Å². The van der Waals surface area contributed by atoms with Crippen molar-refractivity contribution in [3.05, 3.63) is 16.3 Å². The number of fused-ring (bicyclic) bond motifs is 3. The number of thiophene rings is 1. The lowest BCUT2D eigenvalue weighted by molar-refractivity contribution is -0.148. The van der Waals surface area contributed by atoms with Gasteiger partial charge in [0.1, 0.15) is 16.5 Å². The van der Waals surface area contributed by atoms with Crippen molar-refractivity contribution in [2.75, 3.05) is 24.6 Å². The molecule has 0 radical (unpaired) electrons. The minimum absolute atomic E-state index is 0.0324. The highest BCUT2D eigenvalue weighted by Gasteiger charge is 2.29. The van der Waals surface area contributed by atoms with Crippen molar-refractivity contribution in [2.45, 2.75) is 65.2 Å². The summed E-state index contributed by atoms with van der Waals surface area (Å²) in [4.78, 5) is 27.1. The van der Waals surface area contributed by atoms with Gasteiger partial charge in [0.25, 0.3) is 0 Å². The van der Waals surface area contributed by atoms with E-state index in [1.54, 1.807) is 0 Å². The van der Waals surface area contributed by atoms with Gasteiger partial charge < -0.3 is 9.64 Å². The summed E-state index contributed by atoms with van der Waals surface area (Å²) in [5, 5.41) is 1.30. The number of hydrogen-bond acceptors (Lipinski definition) is 6. The molecule has 2 aliphatic rings. The molecule has 0 unspecified atom stereocenters. The lowest BCUT2D eigenvalue weighted by atomic mass is 9.95. The topological polar surface area (TPSA) is 55.3 Å². The number of ether oxygens (including phenoxy) is 1. The zero-order valence-electron chi connectivity index (χ0n) is 16.4. The van der Waals surface area contributed by atoms with Gasteiger partial charge in [0.15, 0.2) is 0 Å². The summed E-state index contributed by atoms with van der Waals surface area (Å²) in [6, 6.07) is 0. The fraction of sp³-hybridized carbons (Fsp3) is 0.667. The first-order valence-corrected chi connectivity index (χ1v) is 11.3. The van der Waals surface area contributed by atoms with E-state index in [-0.39, 0.29) is 11.9 Å². The van der Waals surface area contributed by atoms with E-state index in [1.807, 2.05) is 18.3 Å². The van der Waals surface area contributed by atoms with Crippen molar-refractivity contribution in [1.29, 1.82) is 0 Å². The molecule has 27 heavy (non-hydrogen) atoms. The van der Waals surface area contributed by atoms with Crippen molar-refractivity contribution in [3.63, 3.8) is 0 Å². The van der Waals surface area contributed by atoms with Crippen LogP contribution in [0, 0.1) is 5.92 Å². The van der Waals surface area contributed by atoms with Gasteiger partial charge in [0, 0.05) is 24.4 Å². The summed E-state index contributed by atoms with van der Waals surface area (Å²) in [6.07, 6.45) is 8.56. The van der Waals surface area contributed by atoms with Crippen LogP contribution < -0.4 is 4.90 Å². The number of nitrogens with zero attached hydrogens (tertiary/aromatic N) is 3. The Morgan fingerprint density at radius 1 is 1.19 bits per heavy atom. The summed E-state index contributed by atoms with van der Waals surface area (Å²) in [5.74, 6) is 2.07. The fourth-order valence-electron chi connectivity index (χ4n) is 4.33. The average molecular weight is 388 g/mol. The van der Waals surface area contributed by atoms with Crippen molar-refractivity contribution >= 4 is 33.3 Å². The molecule has 0 N–H and O–H groups in total. The van der Waals surface area contributed by atoms with Gasteiger partial charge in [-0.2, -0.15) is 0 Å². The van der Waals surface area contributed by atoms with Crippen LogP contribution in [0.25, 0.3) is 10.2 Å². The fourth-order valence-corrected chi connectivity index (χ4v) is 5.61. The molecule has 146 valence electrons. The Kier molecular flexibility index (Phi) is 5.62. The summed E-state index contributed by atoms with van der Waals surface area (Å²) in [7, 11) is 0. The molecule has 2 aromatic rings. The first-order chi connectivity index (χ1) is 13.2. The van der Waals surface area contributed by atoms with Gasteiger partial charge in [-0.3, -0.25) is 4.79 Å². The Balaban J connectivity index is 1.66. The molecule has 4 rings (SSSR count).